The van der Waals surface area contributed by atoms with Crippen LogP contribution in [-0.2, 0) is 21.1 Å². The Balaban J connectivity index is 1.37. The van der Waals surface area contributed by atoms with E-state index in [4.69, 9.17) is 0 Å². The van der Waals surface area contributed by atoms with E-state index in [0.717, 1.165) is 12.3 Å². The predicted molar refractivity (Wildman–Crippen MR) is 107 cm³/mol. The zero-order chi connectivity index (χ0) is 23.9. The summed E-state index contributed by atoms with van der Waals surface area (Å²) in [6, 6.07) is 1.43. The smallest absolute Gasteiger partial charge is 0.316 e. The summed E-state index contributed by atoms with van der Waals surface area (Å²) in [6.07, 6.45) is -0.461. The Hall–Kier alpha value is -2.70. The first-order valence-corrected chi connectivity index (χ1v) is 12.3. The van der Waals surface area contributed by atoms with Crippen molar-refractivity contribution in [3.05, 3.63) is 35.2 Å². The number of likely N-dealkylation sites (tertiary alicyclic amines) is 1. The maximum Gasteiger partial charge on any atom is 0.316 e. The average Bonchev–Trinajstić information content (AvgIpc) is 3.38. The number of carbonyl (C=O) groups is 1. The molecule has 33 heavy (non-hydrogen) atoms. The van der Waals surface area contributed by atoms with Gasteiger partial charge in [0.15, 0.2) is 9.84 Å². The monoisotopic (exact) mass is 490 g/mol. The van der Waals surface area contributed by atoms with Gasteiger partial charge in [0.05, 0.1) is 0 Å². The van der Waals surface area contributed by atoms with E-state index < -0.39 is 44.6 Å². The number of amides is 1. The van der Waals surface area contributed by atoms with Crippen molar-refractivity contribution in [1.29, 1.82) is 0 Å². The number of halogens is 4. The molecule has 1 amide bonds. The van der Waals surface area contributed by atoms with E-state index in [2.05, 4.69) is 14.7 Å². The second-order valence-electron chi connectivity index (χ2n) is 8.32. The molecule has 2 aliphatic heterocycles. The van der Waals surface area contributed by atoms with Crippen molar-refractivity contribution in [2.75, 3.05) is 30.8 Å². The fourth-order valence-corrected chi connectivity index (χ4v) is 5.14. The molecular weight excluding hydrogens is 468 g/mol. The minimum atomic E-state index is -3.91. The van der Waals surface area contributed by atoms with Crippen molar-refractivity contribution in [3.8, 4) is 0 Å². The molecule has 0 spiro atoms. The summed E-state index contributed by atoms with van der Waals surface area (Å²) >= 11 is 0. The molecule has 0 bridgehead atoms. The number of aromatic nitrogens is 2. The van der Waals surface area contributed by atoms with Crippen LogP contribution in [0.3, 0.4) is 0 Å². The van der Waals surface area contributed by atoms with Crippen LogP contribution in [0, 0.1) is 17.6 Å². The molecule has 2 fully saturated rings. The fourth-order valence-electron chi connectivity index (χ4n) is 4.41. The Morgan fingerprint density at radius 1 is 1.12 bits per heavy atom. The number of piperidine rings is 1. The number of hydrogen-bond acceptors (Lipinski definition) is 7. The Morgan fingerprint density at radius 3 is 2.42 bits per heavy atom. The molecule has 3 heterocycles. The summed E-state index contributed by atoms with van der Waals surface area (Å²) in [5.74, 6) is -3.26. The van der Waals surface area contributed by atoms with Crippen molar-refractivity contribution >= 4 is 21.7 Å². The van der Waals surface area contributed by atoms with Crippen LogP contribution >= 0.6 is 0 Å². The number of benzene rings is 1. The average molecular weight is 490 g/mol. The van der Waals surface area contributed by atoms with Crippen molar-refractivity contribution in [3.63, 3.8) is 0 Å². The van der Waals surface area contributed by atoms with Gasteiger partial charge in [0.1, 0.15) is 16.5 Å². The lowest BCUT2D eigenvalue weighted by Crippen LogP contribution is -2.46. The van der Waals surface area contributed by atoms with Crippen LogP contribution in [0.5, 0.6) is 0 Å². The Labute approximate surface area is 187 Å². The molecule has 2 aliphatic rings. The van der Waals surface area contributed by atoms with E-state index in [1.807, 2.05) is 0 Å². The number of sulfone groups is 1. The standard InChI is InChI=1S/C20H22F4N4O4S/c1-33(30,31)16-10-14(21)12(9-15(16)22)8-11-2-7-28(19(11)29)13-3-5-27(6-4-13)20-25-18(17(23)24)32-26-20/h9-11,13,17H,2-8H2,1H3/t11-/m1/s1. The maximum absolute atomic E-state index is 14.4. The van der Waals surface area contributed by atoms with E-state index >= 15 is 0 Å². The van der Waals surface area contributed by atoms with E-state index in [0.29, 0.717) is 45.0 Å². The second kappa shape index (κ2) is 8.92. The van der Waals surface area contributed by atoms with Crippen LogP contribution in [-0.4, -0.2) is 61.3 Å². The third kappa shape index (κ3) is 4.82. The van der Waals surface area contributed by atoms with E-state index in [9.17, 15) is 30.8 Å². The third-order valence-electron chi connectivity index (χ3n) is 6.12. The number of anilines is 1. The van der Waals surface area contributed by atoms with E-state index in [1.54, 1.807) is 9.80 Å². The first kappa shape index (κ1) is 23.5. The highest BCUT2D eigenvalue weighted by molar-refractivity contribution is 7.90. The molecule has 1 aromatic carbocycles. The minimum Gasteiger partial charge on any atom is -0.339 e. The van der Waals surface area contributed by atoms with Gasteiger partial charge in [0.25, 0.3) is 11.8 Å². The molecule has 8 nitrogen and oxygen atoms in total. The van der Waals surface area contributed by atoms with Gasteiger partial charge in [-0.05, 0) is 48.5 Å². The molecule has 0 radical (unpaired) electrons. The SMILES string of the molecule is CS(=O)(=O)c1cc(F)c(C[C@H]2CCN(C3CCN(c4noc(C(F)F)n4)CC3)C2=O)cc1F. The van der Waals surface area contributed by atoms with Crippen LogP contribution < -0.4 is 4.90 Å². The molecule has 0 unspecified atom stereocenters. The van der Waals surface area contributed by atoms with E-state index in [-0.39, 0.29) is 29.9 Å². The number of carbonyl (C=O) groups excluding carboxylic acids is 1. The summed E-state index contributed by atoms with van der Waals surface area (Å²) < 4.78 is 81.5. The molecule has 2 saturated heterocycles. The fraction of sp³-hybridized carbons (Fsp3) is 0.550. The van der Waals surface area contributed by atoms with Gasteiger partial charge in [-0.15, -0.1) is 0 Å². The lowest BCUT2D eigenvalue weighted by molar-refractivity contribution is -0.133. The summed E-state index contributed by atoms with van der Waals surface area (Å²) in [5, 5.41) is 3.57. The molecule has 0 aliphatic carbocycles. The number of hydrogen-bond donors (Lipinski definition) is 0. The van der Waals surface area contributed by atoms with Crippen molar-refractivity contribution in [1.82, 2.24) is 15.0 Å². The quantitative estimate of drug-likeness (QED) is 0.575. The molecule has 1 atom stereocenters. The van der Waals surface area contributed by atoms with Gasteiger partial charge in [-0.2, -0.15) is 13.8 Å². The minimum absolute atomic E-state index is 0.0275. The Kier molecular flexibility index (Phi) is 6.34. The maximum atomic E-state index is 14.4. The first-order chi connectivity index (χ1) is 15.5. The molecule has 1 aromatic heterocycles. The Bertz CT molecular complexity index is 1150. The summed E-state index contributed by atoms with van der Waals surface area (Å²) in [5.41, 5.74) is -0.0399. The molecule has 2 aromatic rings. The van der Waals surface area contributed by atoms with Crippen LogP contribution in [0.25, 0.3) is 0 Å². The first-order valence-electron chi connectivity index (χ1n) is 10.4. The largest absolute Gasteiger partial charge is 0.339 e. The van der Waals surface area contributed by atoms with Crippen molar-refractivity contribution in [2.45, 2.75) is 43.0 Å². The summed E-state index contributed by atoms with van der Waals surface area (Å²) in [7, 11) is -3.91. The zero-order valence-electron chi connectivity index (χ0n) is 17.7. The van der Waals surface area contributed by atoms with Crippen molar-refractivity contribution in [2.24, 2.45) is 5.92 Å². The van der Waals surface area contributed by atoms with Crippen LogP contribution in [0.2, 0.25) is 0 Å². The topological polar surface area (TPSA) is 96.6 Å². The van der Waals surface area contributed by atoms with Gasteiger partial charge >= 0.3 is 6.43 Å². The number of nitrogens with zero attached hydrogens (tertiary/aromatic N) is 4. The molecular formula is C20H22F4N4O4S. The van der Waals surface area contributed by atoms with E-state index in [1.165, 1.54) is 0 Å². The van der Waals surface area contributed by atoms with Crippen molar-refractivity contribution < 1.29 is 35.3 Å². The lowest BCUT2D eigenvalue weighted by atomic mass is 9.97. The highest BCUT2D eigenvalue weighted by Gasteiger charge is 2.38. The van der Waals surface area contributed by atoms with Crippen LogP contribution in [0.1, 0.15) is 37.1 Å². The normalized spacial score (nSPS) is 20.3. The molecule has 180 valence electrons. The van der Waals surface area contributed by atoms with Gasteiger partial charge in [0.2, 0.25) is 5.91 Å². The molecule has 4 rings (SSSR count). The second-order valence-corrected chi connectivity index (χ2v) is 10.3. The molecule has 13 heteroatoms. The zero-order valence-corrected chi connectivity index (χ0v) is 18.5. The lowest BCUT2D eigenvalue weighted by Gasteiger charge is -2.36. The number of rotatable bonds is 6. The predicted octanol–water partition coefficient (Wildman–Crippen LogP) is 2.75. The van der Waals surface area contributed by atoms with Gasteiger partial charge in [-0.1, -0.05) is 0 Å². The van der Waals surface area contributed by atoms with Gasteiger partial charge in [-0.25, -0.2) is 17.2 Å². The third-order valence-corrected chi connectivity index (χ3v) is 7.24. The molecule has 0 saturated carbocycles. The van der Waals surface area contributed by atoms with Gasteiger partial charge < -0.3 is 14.3 Å². The summed E-state index contributed by atoms with van der Waals surface area (Å²) in [4.78, 5) is 19.3. The highest BCUT2D eigenvalue weighted by Crippen LogP contribution is 2.31. The summed E-state index contributed by atoms with van der Waals surface area (Å²) in [6.45, 7) is 1.37. The van der Waals surface area contributed by atoms with Gasteiger partial charge in [-0.3, -0.25) is 4.79 Å². The molecule has 0 N–H and O–H groups in total. The van der Waals surface area contributed by atoms with Crippen LogP contribution in [0.4, 0.5) is 23.5 Å². The Morgan fingerprint density at radius 2 is 1.82 bits per heavy atom. The highest BCUT2D eigenvalue weighted by atomic mass is 32.2. The van der Waals surface area contributed by atoms with Gasteiger partial charge in [0, 0.05) is 37.8 Å². The van der Waals surface area contributed by atoms with Crippen LogP contribution in [0.15, 0.2) is 21.6 Å². The number of alkyl halides is 2.